The van der Waals surface area contributed by atoms with Crippen molar-refractivity contribution >= 4 is 11.8 Å². The third kappa shape index (κ3) is 3.95. The first-order valence-electron chi connectivity index (χ1n) is 9.59. The molecule has 1 unspecified atom stereocenters. The first kappa shape index (κ1) is 19.8. The lowest BCUT2D eigenvalue weighted by molar-refractivity contribution is -0.122. The number of hydrogen-bond acceptors (Lipinski definition) is 7. The second-order valence-electron chi connectivity index (χ2n) is 7.06. The Balaban J connectivity index is 1.59. The summed E-state index contributed by atoms with van der Waals surface area (Å²) >= 11 is 0. The van der Waals surface area contributed by atoms with Crippen LogP contribution in [-0.2, 0) is 22.5 Å². The molecule has 3 heterocycles. The largest absolute Gasteiger partial charge is 0.481 e. The zero-order chi connectivity index (χ0) is 21.1. The molecule has 0 bridgehead atoms. The molecular formula is C22H22N4O4. The minimum Gasteiger partial charge on any atom is -0.481 e. The summed E-state index contributed by atoms with van der Waals surface area (Å²) in [6.45, 7) is 2.09. The molecule has 2 N–H and O–H groups in total. The standard InChI is InChI=1S/C22H22N4O4/c1-13(27)20(14-6-4-3-5-7-14)26-18(28)9-16-8-15-10-24-22(29-2)19(15)21(25-16)17-11-23-12-30-17/h3-8,11-13,20,27H,9-10H2,1-2H3,(H,26,28)/t13?,20-/m1/s1. The van der Waals surface area contributed by atoms with E-state index in [1.54, 1.807) is 20.2 Å². The van der Waals surface area contributed by atoms with Crippen molar-refractivity contribution in [2.24, 2.45) is 4.99 Å². The number of amides is 1. The van der Waals surface area contributed by atoms with Gasteiger partial charge in [-0.05, 0) is 24.1 Å². The number of ether oxygens (including phenoxy) is 1. The van der Waals surface area contributed by atoms with Crippen LogP contribution in [0.1, 0.15) is 35.3 Å². The Kier molecular flexibility index (Phi) is 5.58. The number of pyridine rings is 1. The average Bonchev–Trinajstić information content (AvgIpc) is 3.42. The molecule has 0 aliphatic carbocycles. The van der Waals surface area contributed by atoms with Gasteiger partial charge in [-0.1, -0.05) is 30.3 Å². The minimum atomic E-state index is -0.744. The van der Waals surface area contributed by atoms with E-state index in [1.807, 2.05) is 36.4 Å². The van der Waals surface area contributed by atoms with Crippen LogP contribution in [0.5, 0.6) is 0 Å². The van der Waals surface area contributed by atoms with Crippen molar-refractivity contribution < 1.29 is 19.1 Å². The van der Waals surface area contributed by atoms with Crippen LogP contribution < -0.4 is 5.32 Å². The topological polar surface area (TPSA) is 110 Å². The normalized spacial score (nSPS) is 14.6. The van der Waals surface area contributed by atoms with Gasteiger partial charge in [-0.15, -0.1) is 0 Å². The number of methoxy groups -OCH3 is 1. The van der Waals surface area contributed by atoms with Gasteiger partial charge in [0.15, 0.2) is 12.2 Å². The molecule has 1 aliphatic heterocycles. The lowest BCUT2D eigenvalue weighted by Crippen LogP contribution is -2.36. The smallest absolute Gasteiger partial charge is 0.226 e. The zero-order valence-electron chi connectivity index (χ0n) is 16.7. The highest BCUT2D eigenvalue weighted by atomic mass is 16.5. The SMILES string of the molecule is COC1=NCc2cc(CC(=O)N[C@@H](c3ccccc3)C(C)O)nc(-c3cnco3)c21. The highest BCUT2D eigenvalue weighted by molar-refractivity contribution is 6.02. The van der Waals surface area contributed by atoms with Gasteiger partial charge in [0.25, 0.3) is 0 Å². The Bertz CT molecular complexity index is 1060. The monoisotopic (exact) mass is 406 g/mol. The molecule has 154 valence electrons. The maximum Gasteiger partial charge on any atom is 0.226 e. The molecule has 0 saturated carbocycles. The van der Waals surface area contributed by atoms with Crippen molar-refractivity contribution in [1.29, 1.82) is 0 Å². The lowest BCUT2D eigenvalue weighted by Gasteiger charge is -2.22. The molecule has 0 fully saturated rings. The summed E-state index contributed by atoms with van der Waals surface area (Å²) in [5.74, 6) is 0.719. The van der Waals surface area contributed by atoms with Crippen molar-refractivity contribution in [2.45, 2.75) is 32.0 Å². The Morgan fingerprint density at radius 1 is 1.33 bits per heavy atom. The summed E-state index contributed by atoms with van der Waals surface area (Å²) in [5, 5.41) is 13.1. The van der Waals surface area contributed by atoms with Crippen LogP contribution in [0.15, 0.2) is 58.4 Å². The molecule has 30 heavy (non-hydrogen) atoms. The molecular weight excluding hydrogens is 384 g/mol. The molecule has 8 nitrogen and oxygen atoms in total. The molecule has 0 radical (unpaired) electrons. The highest BCUT2D eigenvalue weighted by Gasteiger charge is 2.26. The number of aliphatic imine (C=N–C) groups is 1. The van der Waals surface area contributed by atoms with E-state index in [-0.39, 0.29) is 12.3 Å². The van der Waals surface area contributed by atoms with E-state index in [0.717, 1.165) is 16.7 Å². The average molecular weight is 406 g/mol. The van der Waals surface area contributed by atoms with E-state index in [0.29, 0.717) is 29.6 Å². The molecule has 2 atom stereocenters. The third-order valence-corrected chi connectivity index (χ3v) is 4.92. The summed E-state index contributed by atoms with van der Waals surface area (Å²) in [6.07, 6.45) is 2.20. The van der Waals surface area contributed by atoms with Crippen LogP contribution in [0.2, 0.25) is 0 Å². The van der Waals surface area contributed by atoms with E-state index >= 15 is 0 Å². The number of carbonyl (C=O) groups excluding carboxylic acids is 1. The van der Waals surface area contributed by atoms with Crippen molar-refractivity contribution in [3.63, 3.8) is 0 Å². The van der Waals surface area contributed by atoms with E-state index in [2.05, 4.69) is 20.3 Å². The maximum absolute atomic E-state index is 12.8. The summed E-state index contributed by atoms with van der Waals surface area (Å²) < 4.78 is 10.8. The van der Waals surface area contributed by atoms with Crippen molar-refractivity contribution in [1.82, 2.24) is 15.3 Å². The van der Waals surface area contributed by atoms with E-state index in [1.165, 1.54) is 6.39 Å². The van der Waals surface area contributed by atoms with Gasteiger partial charge < -0.3 is 19.6 Å². The van der Waals surface area contributed by atoms with Gasteiger partial charge in [0.05, 0.1) is 49.7 Å². The minimum absolute atomic E-state index is 0.0484. The fourth-order valence-corrected chi connectivity index (χ4v) is 3.56. The zero-order valence-corrected chi connectivity index (χ0v) is 16.7. The van der Waals surface area contributed by atoms with Crippen LogP contribution in [0, 0.1) is 0 Å². The Hall–Kier alpha value is -3.52. The van der Waals surface area contributed by atoms with E-state index < -0.39 is 12.1 Å². The van der Waals surface area contributed by atoms with Crippen molar-refractivity contribution in [2.75, 3.05) is 7.11 Å². The van der Waals surface area contributed by atoms with Gasteiger partial charge in [0, 0.05) is 0 Å². The van der Waals surface area contributed by atoms with Gasteiger partial charge >= 0.3 is 0 Å². The van der Waals surface area contributed by atoms with Gasteiger partial charge in [-0.3, -0.25) is 4.79 Å². The number of hydrogen-bond donors (Lipinski definition) is 2. The van der Waals surface area contributed by atoms with E-state index in [4.69, 9.17) is 9.15 Å². The molecule has 0 spiro atoms. The van der Waals surface area contributed by atoms with Gasteiger partial charge in [-0.25, -0.2) is 15.0 Å². The predicted octanol–water partition coefficient (Wildman–Crippen LogP) is 2.42. The van der Waals surface area contributed by atoms with Gasteiger partial charge in [0.2, 0.25) is 11.8 Å². The third-order valence-electron chi connectivity index (χ3n) is 4.92. The fraction of sp³-hybridized carbons (Fsp3) is 0.273. The second kappa shape index (κ2) is 8.46. The molecule has 8 heteroatoms. The number of carbonyl (C=O) groups is 1. The number of benzene rings is 1. The number of oxazole rings is 1. The molecule has 2 aromatic heterocycles. The number of nitrogens with one attached hydrogen (secondary N) is 1. The fourth-order valence-electron chi connectivity index (χ4n) is 3.56. The summed E-state index contributed by atoms with van der Waals surface area (Å²) in [6, 6.07) is 10.7. The van der Waals surface area contributed by atoms with Crippen LogP contribution in [0.3, 0.4) is 0 Å². The maximum atomic E-state index is 12.8. The highest BCUT2D eigenvalue weighted by Crippen LogP contribution is 2.30. The molecule has 3 aromatic rings. The van der Waals surface area contributed by atoms with E-state index in [9.17, 15) is 9.90 Å². The van der Waals surface area contributed by atoms with Crippen molar-refractivity contribution in [3.8, 4) is 11.5 Å². The molecule has 1 amide bonds. The Labute approximate surface area is 173 Å². The van der Waals surface area contributed by atoms with Gasteiger partial charge in [-0.2, -0.15) is 0 Å². The number of aliphatic hydroxyl groups is 1. The summed E-state index contributed by atoms with van der Waals surface area (Å²) in [5.41, 5.74) is 3.61. The van der Waals surface area contributed by atoms with Crippen molar-refractivity contribution in [3.05, 3.63) is 71.4 Å². The molecule has 1 aliphatic rings. The molecule has 0 saturated heterocycles. The number of rotatable bonds is 6. The second-order valence-corrected chi connectivity index (χ2v) is 7.06. The van der Waals surface area contributed by atoms with Crippen LogP contribution >= 0.6 is 0 Å². The number of fused-ring (bicyclic) bond motifs is 1. The number of aromatic nitrogens is 2. The molecule has 4 rings (SSSR count). The first-order valence-corrected chi connectivity index (χ1v) is 9.59. The van der Waals surface area contributed by atoms with Crippen LogP contribution in [0.4, 0.5) is 0 Å². The lowest BCUT2D eigenvalue weighted by atomic mass is 10.0. The predicted molar refractivity (Wildman–Crippen MR) is 110 cm³/mol. The van der Waals surface area contributed by atoms with Crippen LogP contribution in [0.25, 0.3) is 11.5 Å². The number of nitrogens with zero attached hydrogens (tertiary/aromatic N) is 3. The quantitative estimate of drug-likeness (QED) is 0.651. The summed E-state index contributed by atoms with van der Waals surface area (Å²) in [7, 11) is 1.55. The summed E-state index contributed by atoms with van der Waals surface area (Å²) in [4.78, 5) is 25.7. The van der Waals surface area contributed by atoms with Gasteiger partial charge in [0.1, 0.15) is 5.69 Å². The Morgan fingerprint density at radius 2 is 2.13 bits per heavy atom. The first-order chi connectivity index (χ1) is 14.6. The van der Waals surface area contributed by atoms with Crippen LogP contribution in [-0.4, -0.2) is 40.1 Å². The Morgan fingerprint density at radius 3 is 2.80 bits per heavy atom. The number of aliphatic hydroxyl groups excluding tert-OH is 1. The molecule has 1 aromatic carbocycles.